The molecule has 2 rings (SSSR count). The molecule has 0 spiro atoms. The molecule has 0 bridgehead atoms. The minimum absolute atomic E-state index is 0.129. The maximum Gasteiger partial charge on any atom is 0.258 e. The van der Waals surface area contributed by atoms with Crippen LogP contribution in [0.2, 0.25) is 0 Å². The molecule has 24 heavy (non-hydrogen) atoms. The van der Waals surface area contributed by atoms with Crippen LogP contribution in [0.1, 0.15) is 12.5 Å². The largest absolute Gasteiger partial charge is 0.483 e. The van der Waals surface area contributed by atoms with E-state index in [1.165, 1.54) is 25.1 Å². The smallest absolute Gasteiger partial charge is 0.258 e. The zero-order chi connectivity index (χ0) is 17.5. The molecule has 0 aliphatic carbocycles. The number of benzene rings is 2. The topological polar surface area (TPSA) is 55.4 Å². The number of carbonyl (C=O) groups excluding carboxylic acids is 2. The minimum atomic E-state index is -0.611. The molecule has 0 aliphatic heterocycles. The molecule has 0 radical (unpaired) electrons. The first-order valence-electron chi connectivity index (χ1n) is 7.37. The summed E-state index contributed by atoms with van der Waals surface area (Å²) in [6, 6.07) is 12.8. The highest BCUT2D eigenvalue weighted by Gasteiger charge is 2.18. The van der Waals surface area contributed by atoms with Gasteiger partial charge >= 0.3 is 0 Å². The van der Waals surface area contributed by atoms with E-state index in [1.807, 2.05) is 30.3 Å². The molecule has 0 heterocycles. The minimum Gasteiger partial charge on any atom is -0.483 e. The van der Waals surface area contributed by atoms with Crippen LogP contribution in [0.4, 0.5) is 4.39 Å². The molecule has 0 saturated carbocycles. The Morgan fingerprint density at radius 3 is 2.54 bits per heavy atom. The van der Waals surface area contributed by atoms with Gasteiger partial charge in [-0.1, -0.05) is 30.3 Å². The maximum absolute atomic E-state index is 13.0. The Kier molecular flexibility index (Phi) is 6.49. The van der Waals surface area contributed by atoms with Gasteiger partial charge in [0.05, 0.1) is 10.5 Å². The van der Waals surface area contributed by atoms with Crippen molar-refractivity contribution in [2.75, 3.05) is 6.61 Å². The number of Topliss-reactive ketones (excluding diaryl/α,β-unsaturated/α-hetero) is 1. The quantitative estimate of drug-likeness (QED) is 0.784. The van der Waals surface area contributed by atoms with Gasteiger partial charge in [0.2, 0.25) is 0 Å². The van der Waals surface area contributed by atoms with Crippen LogP contribution in [0.15, 0.2) is 53.0 Å². The lowest BCUT2D eigenvalue weighted by Gasteiger charge is -2.16. The number of amides is 1. The molecule has 1 atom stereocenters. The van der Waals surface area contributed by atoms with Crippen LogP contribution >= 0.6 is 15.9 Å². The molecule has 0 unspecified atom stereocenters. The van der Waals surface area contributed by atoms with E-state index in [2.05, 4.69) is 21.2 Å². The van der Waals surface area contributed by atoms with Crippen molar-refractivity contribution in [3.63, 3.8) is 0 Å². The third-order valence-corrected chi connectivity index (χ3v) is 3.98. The zero-order valence-corrected chi connectivity index (χ0v) is 14.7. The molecule has 2 aromatic rings. The fraction of sp³-hybridized carbons (Fsp3) is 0.222. The lowest BCUT2D eigenvalue weighted by Crippen LogP contribution is -2.43. The SMILES string of the molecule is CC(=O)[C@H](Cc1ccccc1)NC(=O)COc1ccc(F)cc1Br. The van der Waals surface area contributed by atoms with Gasteiger partial charge in [-0.2, -0.15) is 0 Å². The van der Waals surface area contributed by atoms with Crippen LogP contribution in [0.25, 0.3) is 0 Å². The highest BCUT2D eigenvalue weighted by atomic mass is 79.9. The second-order valence-corrected chi connectivity index (χ2v) is 6.14. The van der Waals surface area contributed by atoms with E-state index in [4.69, 9.17) is 4.74 Å². The van der Waals surface area contributed by atoms with Crippen LogP contribution in [0.3, 0.4) is 0 Å². The number of carbonyl (C=O) groups is 2. The van der Waals surface area contributed by atoms with Crippen molar-refractivity contribution in [1.82, 2.24) is 5.32 Å². The van der Waals surface area contributed by atoms with Gasteiger partial charge in [0.1, 0.15) is 11.6 Å². The molecule has 0 aliphatic rings. The molecular formula is C18H17BrFNO3. The van der Waals surface area contributed by atoms with Gasteiger partial charge in [0.15, 0.2) is 12.4 Å². The summed E-state index contributed by atoms with van der Waals surface area (Å²) in [7, 11) is 0. The third kappa shape index (κ3) is 5.45. The number of hydrogen-bond acceptors (Lipinski definition) is 3. The van der Waals surface area contributed by atoms with Crippen molar-refractivity contribution >= 4 is 27.6 Å². The molecule has 2 aromatic carbocycles. The van der Waals surface area contributed by atoms with E-state index >= 15 is 0 Å². The van der Waals surface area contributed by atoms with Gasteiger partial charge in [-0.25, -0.2) is 4.39 Å². The van der Waals surface area contributed by atoms with Crippen LogP contribution in [-0.4, -0.2) is 24.3 Å². The second-order valence-electron chi connectivity index (χ2n) is 5.28. The van der Waals surface area contributed by atoms with Crippen molar-refractivity contribution < 1.29 is 18.7 Å². The van der Waals surface area contributed by atoms with E-state index in [0.29, 0.717) is 16.6 Å². The summed E-state index contributed by atoms with van der Waals surface area (Å²) in [6.45, 7) is 1.17. The summed E-state index contributed by atoms with van der Waals surface area (Å²) in [6.07, 6.45) is 0.419. The Balaban J connectivity index is 1.92. The Labute approximate surface area is 148 Å². The molecule has 0 fully saturated rings. The van der Waals surface area contributed by atoms with Crippen molar-refractivity contribution in [3.8, 4) is 5.75 Å². The van der Waals surface area contributed by atoms with Crippen LogP contribution in [-0.2, 0) is 16.0 Å². The van der Waals surface area contributed by atoms with Crippen LogP contribution in [0.5, 0.6) is 5.75 Å². The lowest BCUT2D eigenvalue weighted by atomic mass is 10.0. The van der Waals surface area contributed by atoms with E-state index in [-0.39, 0.29) is 12.4 Å². The summed E-state index contributed by atoms with van der Waals surface area (Å²) in [4.78, 5) is 23.8. The van der Waals surface area contributed by atoms with E-state index in [1.54, 1.807) is 0 Å². The average molecular weight is 394 g/mol. The predicted molar refractivity (Wildman–Crippen MR) is 92.4 cm³/mol. The average Bonchev–Trinajstić information content (AvgIpc) is 2.54. The molecular weight excluding hydrogens is 377 g/mol. The van der Waals surface area contributed by atoms with Gasteiger partial charge in [0.25, 0.3) is 5.91 Å². The standard InChI is InChI=1S/C18H17BrFNO3/c1-12(22)16(9-13-5-3-2-4-6-13)21-18(23)11-24-17-8-7-14(20)10-15(17)19/h2-8,10,16H,9,11H2,1H3,(H,21,23)/t16-/m0/s1. The van der Waals surface area contributed by atoms with Crippen molar-refractivity contribution in [3.05, 3.63) is 64.4 Å². The Morgan fingerprint density at radius 2 is 1.92 bits per heavy atom. The lowest BCUT2D eigenvalue weighted by molar-refractivity contribution is -0.128. The highest BCUT2D eigenvalue weighted by molar-refractivity contribution is 9.10. The number of nitrogens with one attached hydrogen (secondary N) is 1. The van der Waals surface area contributed by atoms with Crippen LogP contribution in [0, 0.1) is 5.82 Å². The molecule has 4 nitrogen and oxygen atoms in total. The molecule has 1 N–H and O–H groups in total. The fourth-order valence-electron chi connectivity index (χ4n) is 2.12. The first kappa shape index (κ1) is 18.1. The number of ether oxygens (including phenoxy) is 1. The number of halogens is 2. The number of hydrogen-bond donors (Lipinski definition) is 1. The summed E-state index contributed by atoms with van der Waals surface area (Å²) in [5.41, 5.74) is 0.959. The number of rotatable bonds is 7. The van der Waals surface area contributed by atoms with E-state index in [9.17, 15) is 14.0 Å². The van der Waals surface area contributed by atoms with Crippen molar-refractivity contribution in [2.45, 2.75) is 19.4 Å². The summed E-state index contributed by atoms with van der Waals surface area (Å²) in [5.74, 6) is -0.593. The van der Waals surface area contributed by atoms with Crippen LogP contribution < -0.4 is 10.1 Å². The highest BCUT2D eigenvalue weighted by Crippen LogP contribution is 2.25. The van der Waals surface area contributed by atoms with Gasteiger partial charge in [0, 0.05) is 0 Å². The van der Waals surface area contributed by atoms with E-state index in [0.717, 1.165) is 5.56 Å². The normalized spacial score (nSPS) is 11.6. The van der Waals surface area contributed by atoms with Crippen molar-refractivity contribution in [1.29, 1.82) is 0 Å². The summed E-state index contributed by atoms with van der Waals surface area (Å²) < 4.78 is 18.8. The molecule has 126 valence electrons. The van der Waals surface area contributed by atoms with Gasteiger partial charge in [-0.05, 0) is 53.0 Å². The molecule has 1 amide bonds. The Hall–Kier alpha value is -2.21. The van der Waals surface area contributed by atoms with Gasteiger partial charge in [-0.15, -0.1) is 0 Å². The predicted octanol–water partition coefficient (Wildman–Crippen LogP) is 3.28. The molecule has 6 heteroatoms. The first-order chi connectivity index (χ1) is 11.5. The Morgan fingerprint density at radius 1 is 1.21 bits per heavy atom. The third-order valence-electron chi connectivity index (χ3n) is 3.36. The molecule has 0 aromatic heterocycles. The molecule has 0 saturated heterocycles. The van der Waals surface area contributed by atoms with Gasteiger partial charge in [-0.3, -0.25) is 9.59 Å². The Bertz CT molecular complexity index is 721. The summed E-state index contributed by atoms with van der Waals surface area (Å²) >= 11 is 3.16. The summed E-state index contributed by atoms with van der Waals surface area (Å²) in [5, 5.41) is 2.66. The monoisotopic (exact) mass is 393 g/mol. The first-order valence-corrected chi connectivity index (χ1v) is 8.16. The fourth-order valence-corrected chi connectivity index (χ4v) is 2.58. The van der Waals surface area contributed by atoms with E-state index < -0.39 is 17.8 Å². The maximum atomic E-state index is 13.0. The van der Waals surface area contributed by atoms with Gasteiger partial charge < -0.3 is 10.1 Å². The second kappa shape index (κ2) is 8.59. The van der Waals surface area contributed by atoms with Crippen molar-refractivity contribution in [2.24, 2.45) is 0 Å². The number of ketones is 1. The zero-order valence-electron chi connectivity index (χ0n) is 13.1.